The van der Waals surface area contributed by atoms with Crippen molar-refractivity contribution in [3.63, 3.8) is 0 Å². The Bertz CT molecular complexity index is 1600. The van der Waals surface area contributed by atoms with Gasteiger partial charge < -0.3 is 5.32 Å². The molecule has 1 aromatic carbocycles. The maximum atomic E-state index is 13.0. The SMILES string of the molecule is Cn1ncc2c1CCCC2C1=C2C=NC=C[N+]2(N)C(c2ccc(C(=O)Nc3cc(C(F)(F)F)ccn3)cc2)=N1. The second-order valence-electron chi connectivity index (χ2n) is 9.63. The number of amides is 1. The third-order valence-electron chi connectivity index (χ3n) is 7.26. The predicted octanol–water partition coefficient (Wildman–Crippen LogP) is 4.42. The van der Waals surface area contributed by atoms with Gasteiger partial charge in [0.25, 0.3) is 11.7 Å². The highest BCUT2D eigenvalue weighted by Gasteiger charge is 2.46. The molecule has 1 amide bonds. The molecule has 0 saturated heterocycles. The molecule has 4 heterocycles. The number of quaternary nitrogens is 1. The number of aryl methyl sites for hydroxylation is 1. The fourth-order valence-corrected chi connectivity index (χ4v) is 5.29. The van der Waals surface area contributed by atoms with Crippen molar-refractivity contribution in [3.8, 4) is 0 Å². The van der Waals surface area contributed by atoms with Crippen molar-refractivity contribution in [2.24, 2.45) is 22.9 Å². The first-order valence-corrected chi connectivity index (χ1v) is 12.3. The van der Waals surface area contributed by atoms with Gasteiger partial charge in [0.05, 0.1) is 29.7 Å². The molecule has 39 heavy (non-hydrogen) atoms. The highest BCUT2D eigenvalue weighted by atomic mass is 19.4. The second kappa shape index (κ2) is 9.10. The number of alkyl halides is 3. The summed E-state index contributed by atoms with van der Waals surface area (Å²) in [6.07, 6.45) is 6.35. The number of pyridine rings is 1. The van der Waals surface area contributed by atoms with Crippen molar-refractivity contribution in [1.82, 2.24) is 14.8 Å². The summed E-state index contributed by atoms with van der Waals surface area (Å²) in [5.41, 5.74) is 3.98. The monoisotopic (exact) mass is 533 g/mol. The van der Waals surface area contributed by atoms with Gasteiger partial charge >= 0.3 is 6.18 Å². The number of carbonyl (C=O) groups excluding carboxylic acids is 1. The Balaban J connectivity index is 1.29. The number of carbonyl (C=O) groups is 1. The molecular weight excluding hydrogens is 509 g/mol. The molecule has 1 aliphatic carbocycles. The molecule has 3 N–H and O–H groups in total. The second-order valence-corrected chi connectivity index (χ2v) is 9.63. The van der Waals surface area contributed by atoms with Gasteiger partial charge in [-0.2, -0.15) is 29.1 Å². The number of allylic oxidation sites excluding steroid dienone is 2. The molecule has 6 rings (SSSR count). The lowest BCUT2D eigenvalue weighted by atomic mass is 9.84. The van der Waals surface area contributed by atoms with E-state index in [1.165, 1.54) is 5.69 Å². The number of hydrogen-bond acceptors (Lipinski definition) is 6. The molecule has 0 spiro atoms. The van der Waals surface area contributed by atoms with Crippen LogP contribution in [0.25, 0.3) is 0 Å². The zero-order valence-corrected chi connectivity index (χ0v) is 20.9. The summed E-state index contributed by atoms with van der Waals surface area (Å²) in [4.78, 5) is 25.9. The Labute approximate surface area is 221 Å². The van der Waals surface area contributed by atoms with Crippen molar-refractivity contribution in [2.45, 2.75) is 31.4 Å². The molecule has 3 aliphatic rings. The third kappa shape index (κ3) is 4.27. The van der Waals surface area contributed by atoms with Crippen LogP contribution in [0.5, 0.6) is 0 Å². The largest absolute Gasteiger partial charge is 0.416 e. The van der Waals surface area contributed by atoms with Crippen molar-refractivity contribution in [2.75, 3.05) is 5.32 Å². The van der Waals surface area contributed by atoms with E-state index in [1.807, 2.05) is 17.9 Å². The van der Waals surface area contributed by atoms with E-state index in [9.17, 15) is 18.0 Å². The van der Waals surface area contributed by atoms with Gasteiger partial charge in [-0.3, -0.25) is 14.5 Å². The number of amidine groups is 1. The van der Waals surface area contributed by atoms with E-state index in [2.05, 4.69) is 20.4 Å². The number of aromatic nitrogens is 3. The van der Waals surface area contributed by atoms with E-state index >= 15 is 0 Å². The minimum absolute atomic E-state index is 0.0268. The van der Waals surface area contributed by atoms with E-state index in [0.717, 1.165) is 54.5 Å². The van der Waals surface area contributed by atoms with Crippen LogP contribution in [0.4, 0.5) is 19.0 Å². The van der Waals surface area contributed by atoms with Crippen LogP contribution in [0.1, 0.15) is 51.5 Å². The number of rotatable bonds is 4. The van der Waals surface area contributed by atoms with Crippen molar-refractivity contribution in [3.05, 3.63) is 101 Å². The molecule has 0 bridgehead atoms. The van der Waals surface area contributed by atoms with Crippen molar-refractivity contribution in [1.29, 1.82) is 0 Å². The number of nitrogens with two attached hydrogens (primary N) is 1. The number of fused-ring (bicyclic) bond motifs is 2. The lowest BCUT2D eigenvalue weighted by Crippen LogP contribution is -2.53. The Hall–Kier alpha value is -4.42. The summed E-state index contributed by atoms with van der Waals surface area (Å²) in [6.45, 7) is 0. The molecule has 2 atom stereocenters. The molecular formula is C27H24F3N8O+. The number of hydrogen-bond donors (Lipinski definition) is 2. The maximum Gasteiger partial charge on any atom is 0.416 e. The van der Waals surface area contributed by atoms with Gasteiger partial charge in [0.2, 0.25) is 5.70 Å². The third-order valence-corrected chi connectivity index (χ3v) is 7.26. The highest BCUT2D eigenvalue weighted by Crippen LogP contribution is 2.43. The Morgan fingerprint density at radius 2 is 2.00 bits per heavy atom. The summed E-state index contributed by atoms with van der Waals surface area (Å²) in [6, 6.07) is 8.22. The van der Waals surface area contributed by atoms with Crippen LogP contribution in [0.3, 0.4) is 0 Å². The normalized spacial score (nSPS) is 22.0. The van der Waals surface area contributed by atoms with E-state index in [-0.39, 0.29) is 21.9 Å². The maximum absolute atomic E-state index is 13.0. The minimum Gasteiger partial charge on any atom is -0.307 e. The Morgan fingerprint density at radius 3 is 2.77 bits per heavy atom. The number of aliphatic imine (C=N–C) groups is 2. The zero-order chi connectivity index (χ0) is 27.4. The fourth-order valence-electron chi connectivity index (χ4n) is 5.29. The van der Waals surface area contributed by atoms with Crippen LogP contribution < -0.4 is 11.2 Å². The fraction of sp³-hybridized carbons (Fsp3) is 0.222. The van der Waals surface area contributed by atoms with E-state index in [0.29, 0.717) is 11.4 Å². The van der Waals surface area contributed by atoms with Crippen molar-refractivity contribution >= 4 is 23.8 Å². The van der Waals surface area contributed by atoms with Crippen LogP contribution in [-0.4, -0.2) is 37.3 Å². The molecule has 12 heteroatoms. The van der Waals surface area contributed by atoms with Gasteiger partial charge in [0, 0.05) is 36.0 Å². The molecule has 198 valence electrons. The zero-order valence-electron chi connectivity index (χ0n) is 20.9. The summed E-state index contributed by atoms with van der Waals surface area (Å²) in [5.74, 6) is 6.70. The molecule has 3 aromatic rings. The summed E-state index contributed by atoms with van der Waals surface area (Å²) in [7, 11) is 1.94. The van der Waals surface area contributed by atoms with Gasteiger partial charge in [0.1, 0.15) is 17.7 Å². The topological polar surface area (TPSA) is 111 Å². The molecule has 0 radical (unpaired) electrons. The first-order chi connectivity index (χ1) is 18.6. The number of benzene rings is 1. The van der Waals surface area contributed by atoms with Gasteiger partial charge in [0.15, 0.2) is 0 Å². The summed E-state index contributed by atoms with van der Waals surface area (Å²) >= 11 is 0. The van der Waals surface area contributed by atoms with E-state index in [1.54, 1.807) is 42.9 Å². The van der Waals surface area contributed by atoms with Gasteiger partial charge in [-0.05, 0) is 55.7 Å². The molecule has 2 unspecified atom stereocenters. The minimum atomic E-state index is -4.54. The summed E-state index contributed by atoms with van der Waals surface area (Å²) < 4.78 is 40.8. The smallest absolute Gasteiger partial charge is 0.307 e. The standard InChI is InChI=1S/C27H23F3N8O/c1-37-21-4-2-3-19(20(21)14-34-37)24-22-15-32-11-12-38(22,31)25(36-24)16-5-7-17(8-6-16)26(39)35-23-13-18(9-10-33-23)27(28,29)30/h5-15,19H,2-4,31H2,1H3/p+1. The molecule has 0 saturated carbocycles. The van der Waals surface area contributed by atoms with Gasteiger partial charge in [-0.1, -0.05) is 0 Å². The number of nitrogens with zero attached hydrogens (tertiary/aromatic N) is 6. The highest BCUT2D eigenvalue weighted by molar-refractivity contribution is 6.05. The average Bonchev–Trinajstić information content (AvgIpc) is 3.45. The molecule has 9 nitrogen and oxygen atoms in total. The lowest BCUT2D eigenvalue weighted by Gasteiger charge is -2.27. The average molecular weight is 534 g/mol. The quantitative estimate of drug-likeness (QED) is 0.382. The molecule has 2 aromatic heterocycles. The van der Waals surface area contributed by atoms with Crippen molar-refractivity contribution < 1.29 is 22.6 Å². The number of halogens is 3. The Morgan fingerprint density at radius 1 is 1.21 bits per heavy atom. The van der Waals surface area contributed by atoms with Crippen LogP contribution in [0, 0.1) is 0 Å². The first-order valence-electron chi connectivity index (χ1n) is 12.3. The summed E-state index contributed by atoms with van der Waals surface area (Å²) in [5, 5.41) is 6.88. The van der Waals surface area contributed by atoms with E-state index < -0.39 is 17.6 Å². The lowest BCUT2D eigenvalue weighted by molar-refractivity contribution is -0.750. The number of anilines is 1. The van der Waals surface area contributed by atoms with Crippen LogP contribution in [0.15, 0.2) is 82.6 Å². The Kier molecular flexibility index (Phi) is 5.81. The van der Waals surface area contributed by atoms with Crippen LogP contribution in [0.2, 0.25) is 0 Å². The van der Waals surface area contributed by atoms with Gasteiger partial charge in [-0.15, -0.1) is 4.59 Å². The van der Waals surface area contributed by atoms with Gasteiger partial charge in [-0.25, -0.2) is 4.98 Å². The predicted molar refractivity (Wildman–Crippen MR) is 138 cm³/mol. The number of nitrogens with one attached hydrogen (secondary N) is 1. The molecule has 2 aliphatic heterocycles. The molecule has 0 fully saturated rings. The van der Waals surface area contributed by atoms with Crippen LogP contribution in [-0.2, 0) is 19.6 Å². The first kappa shape index (κ1) is 24.9. The van der Waals surface area contributed by atoms with Crippen LogP contribution >= 0.6 is 0 Å². The van der Waals surface area contributed by atoms with E-state index in [4.69, 9.17) is 10.8 Å².